The van der Waals surface area contributed by atoms with Gasteiger partial charge in [-0.25, -0.2) is 13.6 Å². The molecule has 0 aromatic heterocycles. The summed E-state index contributed by atoms with van der Waals surface area (Å²) in [5.41, 5.74) is 0.476. The van der Waals surface area contributed by atoms with Crippen LogP contribution in [-0.2, 0) is 9.59 Å². The first-order valence-electron chi connectivity index (χ1n) is 11.5. The summed E-state index contributed by atoms with van der Waals surface area (Å²) in [6, 6.07) is 3.86. The molecule has 200 valence electrons. The van der Waals surface area contributed by atoms with Crippen LogP contribution in [0.2, 0.25) is 0 Å². The number of phenolic OH excluding ortho intramolecular Hbond substituents is 2. The van der Waals surface area contributed by atoms with Crippen LogP contribution in [0.25, 0.3) is 0 Å². The molecule has 0 spiro atoms. The summed E-state index contributed by atoms with van der Waals surface area (Å²) in [4.78, 5) is 40.2. The number of phenols is 2. The monoisotopic (exact) mass is 557 g/mol. The van der Waals surface area contributed by atoms with Crippen molar-refractivity contribution in [2.45, 2.75) is 30.0 Å². The van der Waals surface area contributed by atoms with E-state index in [9.17, 15) is 38.5 Å². The minimum atomic E-state index is -2.65. The van der Waals surface area contributed by atoms with E-state index in [1.165, 1.54) is 34.9 Å². The van der Waals surface area contributed by atoms with Crippen LogP contribution in [0.3, 0.4) is 0 Å². The Morgan fingerprint density at radius 3 is 2.49 bits per heavy atom. The average Bonchev–Trinajstić information content (AvgIpc) is 2.81. The standard InChI is InChI=1S/C23H26F2N4O6S2/c1-29(6-4-27(5-7-29)22(33)12-2-3-14(30)15(31)8-12)11-13-20(23(34)35)28-18(32)10-19(28)37-21(13)26-17(36)9-16(24)25/h2-3,8,16,19,21H,4-7,9-11H2,1H3,(H3-,26,30,31,33,34,35,36)/p+1/t19-,21?/m1/s1. The van der Waals surface area contributed by atoms with E-state index in [-0.39, 0.29) is 46.8 Å². The molecule has 2 fully saturated rings. The Balaban J connectivity index is 1.53. The van der Waals surface area contributed by atoms with Crippen molar-refractivity contribution in [2.75, 3.05) is 39.8 Å². The van der Waals surface area contributed by atoms with Crippen LogP contribution >= 0.6 is 24.0 Å². The summed E-state index contributed by atoms with van der Waals surface area (Å²) in [5, 5.41) is 31.0. The van der Waals surface area contributed by atoms with E-state index >= 15 is 0 Å². The largest absolute Gasteiger partial charge is 0.504 e. The lowest BCUT2D eigenvalue weighted by Gasteiger charge is -2.49. The lowest BCUT2D eigenvalue weighted by atomic mass is 10.0. The zero-order chi connectivity index (χ0) is 27.1. The molecule has 4 rings (SSSR count). The Bertz CT molecular complexity index is 1170. The van der Waals surface area contributed by atoms with Crippen molar-refractivity contribution in [3.63, 3.8) is 0 Å². The molecule has 3 aliphatic rings. The summed E-state index contributed by atoms with van der Waals surface area (Å²) in [7, 11) is 1.91. The van der Waals surface area contributed by atoms with Gasteiger partial charge >= 0.3 is 5.97 Å². The van der Waals surface area contributed by atoms with Crippen LogP contribution in [0.5, 0.6) is 11.5 Å². The van der Waals surface area contributed by atoms with Gasteiger partial charge in [-0.05, 0) is 18.2 Å². The number of carboxylic acid groups (broad SMARTS) is 1. The molecule has 1 aromatic carbocycles. The topological polar surface area (TPSA) is 130 Å². The number of aromatic hydroxyl groups is 2. The molecule has 2 amide bonds. The lowest BCUT2D eigenvalue weighted by Crippen LogP contribution is -2.62. The number of alkyl halides is 2. The predicted molar refractivity (Wildman–Crippen MR) is 134 cm³/mol. The maximum Gasteiger partial charge on any atom is 0.352 e. The van der Waals surface area contributed by atoms with Crippen LogP contribution in [-0.4, -0.2) is 109 Å². The number of thioether (sulfide) groups is 1. The number of nitrogens with zero attached hydrogens (tertiary/aromatic N) is 3. The Labute approximate surface area is 221 Å². The molecule has 2 saturated heterocycles. The fourth-order valence-corrected chi connectivity index (χ4v) is 6.48. The molecule has 0 saturated carbocycles. The number of benzene rings is 1. The van der Waals surface area contributed by atoms with Gasteiger partial charge in [0.25, 0.3) is 5.91 Å². The molecular weight excluding hydrogens is 530 g/mol. The van der Waals surface area contributed by atoms with Gasteiger partial charge in [-0.2, -0.15) is 0 Å². The highest BCUT2D eigenvalue weighted by molar-refractivity contribution is 8.00. The normalized spacial score (nSPS) is 23.0. The fraction of sp³-hybridized carbons (Fsp3) is 0.478. The highest BCUT2D eigenvalue weighted by Crippen LogP contribution is 2.44. The second kappa shape index (κ2) is 10.4. The summed E-state index contributed by atoms with van der Waals surface area (Å²) in [6.07, 6.45) is -3.14. The second-order valence-electron chi connectivity index (χ2n) is 9.50. The van der Waals surface area contributed by atoms with Gasteiger partial charge in [-0.3, -0.25) is 14.5 Å². The molecule has 37 heavy (non-hydrogen) atoms. The number of β-lactam (4-membered cyclic amide) rings is 1. The van der Waals surface area contributed by atoms with Crippen LogP contribution in [0.15, 0.2) is 29.5 Å². The third-order valence-electron chi connectivity index (χ3n) is 6.78. The van der Waals surface area contributed by atoms with Gasteiger partial charge in [0.2, 0.25) is 12.3 Å². The molecule has 3 aliphatic heterocycles. The number of piperazine rings is 1. The molecule has 1 unspecified atom stereocenters. The van der Waals surface area contributed by atoms with Gasteiger partial charge < -0.3 is 30.0 Å². The van der Waals surface area contributed by atoms with Crippen LogP contribution in [0.1, 0.15) is 23.2 Å². The SMILES string of the molecule is C[N+]1(CC2=C(C(=O)O)N3C(=O)C[C@H]3SC2NC(=S)CC(F)F)CCN(C(=O)c2ccc(O)c(O)c2)CC1. The van der Waals surface area contributed by atoms with Gasteiger partial charge in [-0.15, -0.1) is 11.8 Å². The molecular formula is C23H27F2N4O6S2+. The minimum Gasteiger partial charge on any atom is -0.504 e. The first-order chi connectivity index (χ1) is 17.4. The highest BCUT2D eigenvalue weighted by Gasteiger charge is 2.50. The van der Waals surface area contributed by atoms with Crippen molar-refractivity contribution in [1.29, 1.82) is 0 Å². The second-order valence-corrected chi connectivity index (χ2v) is 11.3. The van der Waals surface area contributed by atoms with Crippen LogP contribution in [0.4, 0.5) is 8.78 Å². The van der Waals surface area contributed by atoms with Crippen LogP contribution < -0.4 is 5.32 Å². The molecule has 3 heterocycles. The predicted octanol–water partition coefficient (Wildman–Crippen LogP) is 1.54. The molecule has 1 aromatic rings. The number of hydrogen-bond donors (Lipinski definition) is 4. The molecule has 4 N–H and O–H groups in total. The third-order valence-corrected chi connectivity index (χ3v) is 8.43. The first kappa shape index (κ1) is 27.1. The van der Waals surface area contributed by atoms with Gasteiger partial charge in [0.05, 0.1) is 56.4 Å². The Hall–Kier alpha value is -2.97. The number of halogens is 2. The van der Waals surface area contributed by atoms with Crippen molar-refractivity contribution in [3.05, 3.63) is 35.0 Å². The van der Waals surface area contributed by atoms with E-state index < -0.39 is 35.3 Å². The number of thiocarbonyl (C=S) groups is 1. The smallest absolute Gasteiger partial charge is 0.352 e. The highest BCUT2D eigenvalue weighted by atomic mass is 32.2. The number of amides is 2. The van der Waals surface area contributed by atoms with Crippen molar-refractivity contribution < 1.29 is 43.0 Å². The first-order valence-corrected chi connectivity index (χ1v) is 12.9. The quantitative estimate of drug-likeness (QED) is 0.171. The van der Waals surface area contributed by atoms with Crippen molar-refractivity contribution in [3.8, 4) is 11.5 Å². The van der Waals surface area contributed by atoms with Gasteiger partial charge in [0, 0.05) is 11.1 Å². The molecule has 0 radical (unpaired) electrons. The van der Waals surface area contributed by atoms with E-state index in [1.807, 2.05) is 7.05 Å². The number of aliphatic carboxylic acids is 1. The van der Waals surface area contributed by atoms with E-state index in [1.54, 1.807) is 4.90 Å². The number of rotatable bonds is 7. The number of likely N-dealkylation sites (N-methyl/N-ethyl adjacent to an activating group) is 1. The number of hydrogen-bond acceptors (Lipinski definition) is 7. The summed E-state index contributed by atoms with van der Waals surface area (Å²) < 4.78 is 26.1. The fourth-order valence-electron chi connectivity index (χ4n) is 4.71. The minimum absolute atomic E-state index is 0.0796. The lowest BCUT2D eigenvalue weighted by molar-refractivity contribution is -0.908. The van der Waals surface area contributed by atoms with E-state index in [0.717, 1.165) is 0 Å². The van der Waals surface area contributed by atoms with Crippen LogP contribution in [0, 0.1) is 0 Å². The Kier molecular flexibility index (Phi) is 7.62. The van der Waals surface area contributed by atoms with Gasteiger partial charge in [0.1, 0.15) is 17.6 Å². The Morgan fingerprint density at radius 2 is 1.92 bits per heavy atom. The molecule has 2 atom stereocenters. The number of nitrogens with one attached hydrogen (secondary N) is 1. The van der Waals surface area contributed by atoms with Gasteiger partial charge in [-0.1, -0.05) is 12.2 Å². The Morgan fingerprint density at radius 1 is 1.24 bits per heavy atom. The van der Waals surface area contributed by atoms with Crippen molar-refractivity contribution in [2.24, 2.45) is 0 Å². The number of quaternary nitrogens is 1. The summed E-state index contributed by atoms with van der Waals surface area (Å²) in [6.45, 7) is 1.81. The third kappa shape index (κ3) is 5.65. The number of carbonyl (C=O) groups excluding carboxylic acids is 2. The molecule has 14 heteroatoms. The summed E-state index contributed by atoms with van der Waals surface area (Å²) >= 11 is 6.36. The molecule has 0 bridgehead atoms. The maximum atomic E-state index is 12.9. The van der Waals surface area contributed by atoms with Crippen molar-refractivity contribution in [1.82, 2.24) is 15.1 Å². The number of carbonyl (C=O) groups is 3. The number of carboxylic acids is 1. The zero-order valence-electron chi connectivity index (χ0n) is 19.9. The maximum absolute atomic E-state index is 12.9. The molecule has 10 nitrogen and oxygen atoms in total. The average molecular weight is 558 g/mol. The molecule has 0 aliphatic carbocycles. The number of fused-ring (bicyclic) bond motifs is 1. The van der Waals surface area contributed by atoms with Crippen molar-refractivity contribution >= 4 is 46.8 Å². The van der Waals surface area contributed by atoms with Gasteiger partial charge in [0.15, 0.2) is 11.5 Å². The summed E-state index contributed by atoms with van der Waals surface area (Å²) in [5.74, 6) is -2.62. The van der Waals surface area contributed by atoms with E-state index in [4.69, 9.17) is 12.2 Å². The van der Waals surface area contributed by atoms with E-state index in [0.29, 0.717) is 36.2 Å². The van der Waals surface area contributed by atoms with E-state index in [2.05, 4.69) is 5.32 Å². The zero-order valence-corrected chi connectivity index (χ0v) is 21.5.